The second-order valence-corrected chi connectivity index (χ2v) is 13.8. The fourth-order valence-electron chi connectivity index (χ4n) is 5.99. The third-order valence-corrected chi connectivity index (χ3v) is 11.6. The maximum atomic E-state index is 13.8. The van der Waals surface area contributed by atoms with Crippen LogP contribution in [0.1, 0.15) is 70.8 Å². The average Bonchev–Trinajstić information content (AvgIpc) is 3.38. The number of hydrogen-bond donors (Lipinski definition) is 0. The van der Waals surface area contributed by atoms with E-state index in [1.165, 1.54) is 16.0 Å². The molecule has 1 aromatic heterocycles. The summed E-state index contributed by atoms with van der Waals surface area (Å²) in [5, 5.41) is 2.69. The van der Waals surface area contributed by atoms with Gasteiger partial charge in [0.25, 0.3) is 0 Å². The summed E-state index contributed by atoms with van der Waals surface area (Å²) in [6.07, 6.45) is 4.29. The van der Waals surface area contributed by atoms with E-state index in [-0.39, 0.29) is 18.0 Å². The van der Waals surface area contributed by atoms with Gasteiger partial charge in [0.15, 0.2) is 0 Å². The van der Waals surface area contributed by atoms with Crippen LogP contribution in [-0.4, -0.2) is 42.7 Å². The number of sulfonamides is 1. The molecule has 0 aliphatic carbocycles. The van der Waals surface area contributed by atoms with Gasteiger partial charge in [0.1, 0.15) is 0 Å². The molecular formula is C30H35ClN2O3S2. The highest BCUT2D eigenvalue weighted by Gasteiger charge is 2.37. The van der Waals surface area contributed by atoms with Crippen molar-refractivity contribution in [1.82, 2.24) is 9.21 Å². The predicted octanol–water partition coefficient (Wildman–Crippen LogP) is 6.82. The first-order valence-electron chi connectivity index (χ1n) is 13.4. The van der Waals surface area contributed by atoms with Crippen LogP contribution >= 0.6 is 22.9 Å². The molecule has 1 fully saturated rings. The van der Waals surface area contributed by atoms with Gasteiger partial charge in [0, 0.05) is 35.5 Å². The molecule has 1 amide bonds. The quantitative estimate of drug-likeness (QED) is 0.326. The maximum absolute atomic E-state index is 13.8. The highest BCUT2D eigenvalue weighted by atomic mass is 35.5. The zero-order chi connectivity index (χ0) is 27.0. The van der Waals surface area contributed by atoms with Gasteiger partial charge in [0.05, 0.1) is 10.9 Å². The van der Waals surface area contributed by atoms with E-state index >= 15 is 0 Å². The molecule has 38 heavy (non-hydrogen) atoms. The summed E-state index contributed by atoms with van der Waals surface area (Å²) < 4.78 is 29.2. The number of hydrogen-bond acceptors (Lipinski definition) is 4. The van der Waals surface area contributed by atoms with E-state index in [0.717, 1.165) is 36.8 Å². The fourth-order valence-corrected chi connectivity index (χ4v) is 9.12. The SMILES string of the molecule is Cc1cc(S(=O)(=O)N2CCCCC2CCC(=O)N2CCc3sccc3C2c2ccccc2C)c(C)cc1Cl. The van der Waals surface area contributed by atoms with Gasteiger partial charge in [-0.15, -0.1) is 11.3 Å². The molecule has 8 heteroatoms. The Balaban J connectivity index is 1.37. The third-order valence-electron chi connectivity index (χ3n) is 8.08. The molecule has 3 aromatic rings. The smallest absolute Gasteiger partial charge is 0.243 e. The van der Waals surface area contributed by atoms with Crippen molar-refractivity contribution in [3.63, 3.8) is 0 Å². The average molecular weight is 571 g/mol. The summed E-state index contributed by atoms with van der Waals surface area (Å²) in [4.78, 5) is 17.5. The number of piperidine rings is 1. The van der Waals surface area contributed by atoms with Gasteiger partial charge < -0.3 is 4.90 Å². The van der Waals surface area contributed by atoms with Crippen molar-refractivity contribution < 1.29 is 13.2 Å². The Morgan fingerprint density at radius 2 is 1.79 bits per heavy atom. The van der Waals surface area contributed by atoms with Gasteiger partial charge in [-0.3, -0.25) is 4.79 Å². The number of nitrogens with zero attached hydrogens (tertiary/aromatic N) is 2. The van der Waals surface area contributed by atoms with Crippen molar-refractivity contribution >= 4 is 38.9 Å². The fraction of sp³-hybridized carbons (Fsp3) is 0.433. The number of carbonyl (C=O) groups is 1. The molecule has 2 aromatic carbocycles. The number of rotatable bonds is 6. The van der Waals surface area contributed by atoms with Crippen molar-refractivity contribution in [3.05, 3.63) is 85.6 Å². The summed E-state index contributed by atoms with van der Waals surface area (Å²) in [5.41, 5.74) is 4.96. The zero-order valence-electron chi connectivity index (χ0n) is 22.2. The number of benzene rings is 2. The van der Waals surface area contributed by atoms with Crippen molar-refractivity contribution in [2.24, 2.45) is 0 Å². The van der Waals surface area contributed by atoms with Crippen molar-refractivity contribution in [1.29, 1.82) is 0 Å². The molecular weight excluding hydrogens is 536 g/mol. The minimum Gasteiger partial charge on any atom is -0.331 e. The first-order chi connectivity index (χ1) is 18.2. The lowest BCUT2D eigenvalue weighted by Crippen LogP contribution is -2.45. The van der Waals surface area contributed by atoms with Crippen molar-refractivity contribution in [2.75, 3.05) is 13.1 Å². The molecule has 0 N–H and O–H groups in total. The number of carbonyl (C=O) groups excluding carboxylic acids is 1. The van der Waals surface area contributed by atoms with Crippen LogP contribution in [0.25, 0.3) is 0 Å². The molecule has 5 rings (SSSR count). The minimum absolute atomic E-state index is 0.0930. The molecule has 2 unspecified atom stereocenters. The van der Waals surface area contributed by atoms with E-state index in [1.807, 2.05) is 24.0 Å². The molecule has 5 nitrogen and oxygen atoms in total. The van der Waals surface area contributed by atoms with E-state index in [4.69, 9.17) is 11.6 Å². The Hall–Kier alpha value is -2.19. The number of aryl methyl sites for hydroxylation is 3. The monoisotopic (exact) mass is 570 g/mol. The summed E-state index contributed by atoms with van der Waals surface area (Å²) in [6.45, 7) is 6.89. The normalized spacial score (nSPS) is 20.4. The second-order valence-electron chi connectivity index (χ2n) is 10.6. The molecule has 1 saturated heterocycles. The van der Waals surface area contributed by atoms with Gasteiger partial charge in [-0.2, -0.15) is 4.31 Å². The van der Waals surface area contributed by atoms with Gasteiger partial charge in [-0.05, 0) is 97.9 Å². The van der Waals surface area contributed by atoms with E-state index in [9.17, 15) is 13.2 Å². The summed E-state index contributed by atoms with van der Waals surface area (Å²) >= 11 is 8.01. The van der Waals surface area contributed by atoms with E-state index in [1.54, 1.807) is 34.7 Å². The Labute approximate surface area is 235 Å². The topological polar surface area (TPSA) is 57.7 Å². The highest BCUT2D eigenvalue weighted by Crippen LogP contribution is 2.40. The van der Waals surface area contributed by atoms with Gasteiger partial charge in [0.2, 0.25) is 15.9 Å². The lowest BCUT2D eigenvalue weighted by atomic mass is 9.90. The zero-order valence-corrected chi connectivity index (χ0v) is 24.6. The van der Waals surface area contributed by atoms with E-state index in [0.29, 0.717) is 41.4 Å². The highest BCUT2D eigenvalue weighted by molar-refractivity contribution is 7.89. The molecule has 0 spiro atoms. The van der Waals surface area contributed by atoms with Crippen LogP contribution in [0.4, 0.5) is 0 Å². The number of amides is 1. The summed E-state index contributed by atoms with van der Waals surface area (Å²) in [7, 11) is -3.69. The lowest BCUT2D eigenvalue weighted by molar-refractivity contribution is -0.133. The maximum Gasteiger partial charge on any atom is 0.243 e. The van der Waals surface area contributed by atoms with Crippen molar-refractivity contribution in [3.8, 4) is 0 Å². The van der Waals surface area contributed by atoms with Gasteiger partial charge >= 0.3 is 0 Å². The first-order valence-corrected chi connectivity index (χ1v) is 16.1. The van der Waals surface area contributed by atoms with Crippen LogP contribution in [0.2, 0.25) is 5.02 Å². The van der Waals surface area contributed by atoms with Crippen LogP contribution in [0.15, 0.2) is 52.7 Å². The minimum atomic E-state index is -3.69. The Kier molecular flexibility index (Phi) is 8.01. The molecule has 0 saturated carbocycles. The first kappa shape index (κ1) is 27.4. The third kappa shape index (κ3) is 5.18. The Morgan fingerprint density at radius 3 is 2.58 bits per heavy atom. The van der Waals surface area contributed by atoms with Crippen molar-refractivity contribution in [2.45, 2.75) is 76.3 Å². The lowest BCUT2D eigenvalue weighted by Gasteiger charge is -2.38. The molecule has 0 bridgehead atoms. The summed E-state index contributed by atoms with van der Waals surface area (Å²) in [6, 6.07) is 13.6. The predicted molar refractivity (Wildman–Crippen MR) is 154 cm³/mol. The van der Waals surface area contributed by atoms with E-state index in [2.05, 4.69) is 30.5 Å². The Bertz CT molecular complexity index is 1450. The molecule has 0 radical (unpaired) electrons. The van der Waals surface area contributed by atoms with Gasteiger partial charge in [-0.1, -0.05) is 42.3 Å². The van der Waals surface area contributed by atoms with Crippen LogP contribution in [0.3, 0.4) is 0 Å². The largest absolute Gasteiger partial charge is 0.331 e. The standard InChI is InChI=1S/C30H35ClN2O3S2/c1-20-8-4-5-10-24(20)30-25-14-17-37-27(25)13-16-32(30)29(34)12-11-23-9-6-7-15-33(23)38(35,36)28-19-21(2)26(31)18-22(28)3/h4-5,8,10,14,17-19,23,30H,6-7,9,11-13,15-16H2,1-3H3. The number of halogens is 1. The molecule has 2 atom stereocenters. The number of fused-ring (bicyclic) bond motifs is 1. The molecule has 3 heterocycles. The van der Waals surface area contributed by atoms with Crippen LogP contribution < -0.4 is 0 Å². The second kappa shape index (κ2) is 11.1. The number of thiophene rings is 1. The molecule has 2 aliphatic heterocycles. The van der Waals surface area contributed by atoms with Gasteiger partial charge in [-0.25, -0.2) is 8.42 Å². The van der Waals surface area contributed by atoms with Crippen LogP contribution in [-0.2, 0) is 21.2 Å². The van der Waals surface area contributed by atoms with Crippen LogP contribution in [0, 0.1) is 20.8 Å². The Morgan fingerprint density at radius 1 is 1.00 bits per heavy atom. The molecule has 2 aliphatic rings. The van der Waals surface area contributed by atoms with E-state index < -0.39 is 10.0 Å². The van der Waals surface area contributed by atoms with Crippen LogP contribution in [0.5, 0.6) is 0 Å². The summed E-state index contributed by atoms with van der Waals surface area (Å²) in [5.74, 6) is 0.0940. The molecule has 202 valence electrons.